The van der Waals surface area contributed by atoms with E-state index in [9.17, 15) is 4.79 Å². The van der Waals surface area contributed by atoms with Crippen LogP contribution in [0.5, 0.6) is 0 Å². The summed E-state index contributed by atoms with van der Waals surface area (Å²) in [6, 6.07) is 5.87. The van der Waals surface area contributed by atoms with Crippen molar-refractivity contribution in [3.05, 3.63) is 56.2 Å². The number of oxazole rings is 1. The molecular weight excluding hydrogens is 326 g/mol. The van der Waals surface area contributed by atoms with E-state index >= 15 is 0 Å². The average molecular weight is 338 g/mol. The highest BCUT2D eigenvalue weighted by atomic mass is 79.9. The fraction of sp³-hybridized carbons (Fsp3) is 0.214. The molecule has 0 aliphatic carbocycles. The van der Waals surface area contributed by atoms with E-state index in [1.165, 1.54) is 15.7 Å². The summed E-state index contributed by atoms with van der Waals surface area (Å²) in [5.41, 5.74) is 5.05. The van der Waals surface area contributed by atoms with Gasteiger partial charge in [0.25, 0.3) is 0 Å². The van der Waals surface area contributed by atoms with Crippen molar-refractivity contribution in [2.24, 2.45) is 7.05 Å². The molecule has 0 N–H and O–H groups in total. The van der Waals surface area contributed by atoms with Gasteiger partial charge in [-0.15, -0.1) is 0 Å². The molecule has 19 heavy (non-hydrogen) atoms. The molecule has 0 aliphatic rings. The summed E-state index contributed by atoms with van der Waals surface area (Å²) in [6.07, 6.45) is 0. The van der Waals surface area contributed by atoms with Crippen LogP contribution in [0.1, 0.15) is 21.5 Å². The highest BCUT2D eigenvalue weighted by Crippen LogP contribution is 2.35. The van der Waals surface area contributed by atoms with Crippen molar-refractivity contribution in [2.75, 3.05) is 0 Å². The Balaban J connectivity index is 2.11. The number of hydrogen-bond donors (Lipinski definition) is 0. The monoisotopic (exact) mass is 337 g/mol. The quantitative estimate of drug-likeness (QED) is 0.663. The van der Waals surface area contributed by atoms with Gasteiger partial charge in [0.1, 0.15) is 0 Å². The third-order valence-electron chi connectivity index (χ3n) is 3.28. The Morgan fingerprint density at radius 1 is 1.37 bits per heavy atom. The van der Waals surface area contributed by atoms with E-state index < -0.39 is 0 Å². The minimum Gasteiger partial charge on any atom is -0.408 e. The fourth-order valence-corrected chi connectivity index (χ4v) is 3.95. The summed E-state index contributed by atoms with van der Waals surface area (Å²) in [5, 5.41) is 4.27. The maximum atomic E-state index is 11.5. The molecule has 0 amide bonds. The third kappa shape index (κ3) is 2.07. The van der Waals surface area contributed by atoms with Gasteiger partial charge in [-0.3, -0.25) is 4.57 Å². The van der Waals surface area contributed by atoms with E-state index in [1.54, 1.807) is 18.4 Å². The molecule has 0 saturated carbocycles. The molecule has 1 atom stereocenters. The number of fused-ring (bicyclic) bond motifs is 1. The second kappa shape index (κ2) is 4.65. The molecule has 1 aromatic carbocycles. The molecule has 3 nitrogen and oxygen atoms in total. The third-order valence-corrected chi connectivity index (χ3v) is 5.18. The molecule has 0 radical (unpaired) electrons. The summed E-state index contributed by atoms with van der Waals surface area (Å²) in [4.78, 5) is 11.6. The minimum absolute atomic E-state index is 0.119. The fourth-order valence-electron chi connectivity index (χ4n) is 2.12. The molecule has 2 heterocycles. The minimum atomic E-state index is -0.329. The maximum absolute atomic E-state index is 11.5. The number of hydrogen-bond acceptors (Lipinski definition) is 3. The van der Waals surface area contributed by atoms with Gasteiger partial charge in [0.2, 0.25) is 0 Å². The first-order valence-corrected chi connectivity index (χ1v) is 7.70. The van der Waals surface area contributed by atoms with E-state index in [4.69, 9.17) is 4.42 Å². The number of aromatic nitrogens is 1. The summed E-state index contributed by atoms with van der Waals surface area (Å²) >= 11 is 5.41. The average Bonchev–Trinajstić information content (AvgIpc) is 2.93. The van der Waals surface area contributed by atoms with Crippen molar-refractivity contribution in [1.82, 2.24) is 4.57 Å². The Labute approximate surface area is 122 Å². The Morgan fingerprint density at radius 3 is 2.84 bits per heavy atom. The van der Waals surface area contributed by atoms with E-state index in [1.807, 2.05) is 18.2 Å². The first kappa shape index (κ1) is 12.7. The zero-order valence-corrected chi connectivity index (χ0v) is 12.9. The van der Waals surface area contributed by atoms with Crippen LogP contribution in [0.3, 0.4) is 0 Å². The van der Waals surface area contributed by atoms with Crippen LogP contribution >= 0.6 is 27.3 Å². The molecule has 1 unspecified atom stereocenters. The zero-order chi connectivity index (χ0) is 13.6. The molecule has 0 fully saturated rings. The van der Waals surface area contributed by atoms with Gasteiger partial charge >= 0.3 is 5.76 Å². The normalized spacial score (nSPS) is 13.0. The van der Waals surface area contributed by atoms with E-state index in [0.717, 1.165) is 11.1 Å². The van der Waals surface area contributed by atoms with Crippen LogP contribution in [0, 0.1) is 6.92 Å². The van der Waals surface area contributed by atoms with Crippen LogP contribution < -0.4 is 5.76 Å². The first-order chi connectivity index (χ1) is 9.08. The molecule has 2 aromatic heterocycles. The van der Waals surface area contributed by atoms with Crippen molar-refractivity contribution in [3.63, 3.8) is 0 Å². The second-order valence-corrected chi connectivity index (χ2v) is 6.19. The van der Waals surface area contributed by atoms with Crippen LogP contribution in [0.15, 0.2) is 38.2 Å². The summed E-state index contributed by atoms with van der Waals surface area (Å²) in [5.74, 6) is -0.329. The van der Waals surface area contributed by atoms with E-state index in [2.05, 4.69) is 33.6 Å². The van der Waals surface area contributed by atoms with Gasteiger partial charge < -0.3 is 4.42 Å². The SMILES string of the molecule is Cc1cscc1C(Br)c1ccc2c(c1)oc(=O)n2C. The van der Waals surface area contributed by atoms with Crippen LogP contribution in [-0.4, -0.2) is 4.57 Å². The lowest BCUT2D eigenvalue weighted by molar-refractivity contribution is 0.528. The van der Waals surface area contributed by atoms with Gasteiger partial charge in [0.15, 0.2) is 5.58 Å². The number of thiophene rings is 1. The summed E-state index contributed by atoms with van der Waals surface area (Å²) < 4.78 is 6.74. The molecule has 0 bridgehead atoms. The lowest BCUT2D eigenvalue weighted by Crippen LogP contribution is -2.08. The summed E-state index contributed by atoms with van der Waals surface area (Å²) in [6.45, 7) is 2.10. The lowest BCUT2D eigenvalue weighted by atomic mass is 10.0. The van der Waals surface area contributed by atoms with E-state index in [-0.39, 0.29) is 10.6 Å². The second-order valence-electron chi connectivity index (χ2n) is 4.53. The lowest BCUT2D eigenvalue weighted by Gasteiger charge is -2.10. The molecular formula is C14H12BrNO2S. The standard InChI is InChI=1S/C14H12BrNO2S/c1-8-6-19-7-10(8)13(15)9-3-4-11-12(5-9)18-14(17)16(11)2/h3-7,13H,1-2H3. The number of aryl methyl sites for hydroxylation is 2. The molecule has 98 valence electrons. The summed E-state index contributed by atoms with van der Waals surface area (Å²) in [7, 11) is 1.71. The smallest absolute Gasteiger partial charge is 0.408 e. The van der Waals surface area contributed by atoms with Crippen molar-refractivity contribution < 1.29 is 4.42 Å². The number of rotatable bonds is 2. The molecule has 0 aliphatic heterocycles. The molecule has 3 rings (SSSR count). The van der Waals surface area contributed by atoms with Gasteiger partial charge in [-0.1, -0.05) is 22.0 Å². The van der Waals surface area contributed by atoms with Gasteiger partial charge in [0, 0.05) is 7.05 Å². The molecule has 5 heteroatoms. The number of benzene rings is 1. The first-order valence-electron chi connectivity index (χ1n) is 5.84. The predicted octanol–water partition coefficient (Wildman–Crippen LogP) is 3.99. The largest absolute Gasteiger partial charge is 0.419 e. The highest BCUT2D eigenvalue weighted by molar-refractivity contribution is 9.09. The van der Waals surface area contributed by atoms with Crippen molar-refractivity contribution in [2.45, 2.75) is 11.8 Å². The Morgan fingerprint density at radius 2 is 2.16 bits per heavy atom. The van der Waals surface area contributed by atoms with Crippen LogP contribution in [0.25, 0.3) is 11.1 Å². The maximum Gasteiger partial charge on any atom is 0.419 e. The highest BCUT2D eigenvalue weighted by Gasteiger charge is 2.15. The van der Waals surface area contributed by atoms with Gasteiger partial charge in [-0.25, -0.2) is 4.79 Å². The molecule has 3 aromatic rings. The molecule has 0 saturated heterocycles. The number of alkyl halides is 1. The van der Waals surface area contributed by atoms with Crippen LogP contribution in [-0.2, 0) is 7.05 Å². The van der Waals surface area contributed by atoms with Gasteiger partial charge in [0.05, 0.1) is 10.3 Å². The predicted molar refractivity (Wildman–Crippen MR) is 81.3 cm³/mol. The number of halogens is 1. The van der Waals surface area contributed by atoms with Crippen LogP contribution in [0.4, 0.5) is 0 Å². The van der Waals surface area contributed by atoms with Crippen molar-refractivity contribution in [3.8, 4) is 0 Å². The van der Waals surface area contributed by atoms with Crippen molar-refractivity contribution in [1.29, 1.82) is 0 Å². The number of nitrogens with zero attached hydrogens (tertiary/aromatic N) is 1. The van der Waals surface area contributed by atoms with Crippen LogP contribution in [0.2, 0.25) is 0 Å². The van der Waals surface area contributed by atoms with Crippen molar-refractivity contribution >= 4 is 38.4 Å². The Bertz CT molecular complexity index is 799. The zero-order valence-electron chi connectivity index (χ0n) is 10.5. The topological polar surface area (TPSA) is 35.1 Å². The van der Waals surface area contributed by atoms with Gasteiger partial charge in [-0.05, 0) is 46.5 Å². The van der Waals surface area contributed by atoms with E-state index in [0.29, 0.717) is 5.58 Å². The van der Waals surface area contributed by atoms with Gasteiger partial charge in [-0.2, -0.15) is 11.3 Å². The molecule has 0 spiro atoms. The Hall–Kier alpha value is -1.33. The Kier molecular flexibility index (Phi) is 3.11.